The molecule has 1 N–H and O–H groups in total. The third-order valence-electron chi connectivity index (χ3n) is 6.35. The Bertz CT molecular complexity index is 1520. The Balaban J connectivity index is 1.82. The number of rotatable bonds is 8. The van der Waals surface area contributed by atoms with Gasteiger partial charge in [-0.2, -0.15) is 22.0 Å². The van der Waals surface area contributed by atoms with Crippen molar-refractivity contribution < 1.29 is 49.7 Å². The number of anilines is 1. The minimum Gasteiger partial charge on any atom is -0.486 e. The molecule has 0 spiro atoms. The lowest BCUT2D eigenvalue weighted by Crippen LogP contribution is -2.46. The van der Waals surface area contributed by atoms with Crippen LogP contribution in [0.25, 0.3) is 11.1 Å². The van der Waals surface area contributed by atoms with E-state index in [-0.39, 0.29) is 30.2 Å². The number of sulfonamides is 1. The van der Waals surface area contributed by atoms with Gasteiger partial charge < -0.3 is 14.6 Å². The molecule has 0 aromatic heterocycles. The van der Waals surface area contributed by atoms with Gasteiger partial charge in [-0.3, -0.25) is 9.10 Å². The first kappa shape index (κ1) is 29.1. The molecule has 0 aliphatic carbocycles. The molecule has 3 aromatic carbocycles. The van der Waals surface area contributed by atoms with E-state index in [1.165, 1.54) is 44.2 Å². The number of hydrogen-bond acceptors (Lipinski definition) is 5. The molecule has 0 unspecified atom stereocenters. The van der Waals surface area contributed by atoms with Crippen molar-refractivity contribution in [2.45, 2.75) is 44.1 Å². The molecule has 1 aliphatic heterocycles. The molecule has 1 heterocycles. The molecule has 0 amide bonds. The fourth-order valence-corrected chi connectivity index (χ4v) is 5.84. The van der Waals surface area contributed by atoms with Crippen molar-refractivity contribution in [1.82, 2.24) is 0 Å². The highest BCUT2D eigenvalue weighted by atomic mass is 32.2. The Morgan fingerprint density at radius 2 is 1.73 bits per heavy atom. The van der Waals surface area contributed by atoms with Crippen LogP contribution >= 0.6 is 0 Å². The van der Waals surface area contributed by atoms with E-state index >= 15 is 0 Å². The SMILES string of the molecule is CC(C)(C[C@H]1CN(S(=O)(=O)c2cccc(C(F)(F)F)c2)c2cc(-c3cccc(OC(F)F)c3)ccc2O1)C(=O)O. The van der Waals surface area contributed by atoms with Gasteiger partial charge in [0.15, 0.2) is 0 Å². The Hall–Kier alpha value is -3.87. The molecule has 1 aliphatic rings. The van der Waals surface area contributed by atoms with Crippen molar-refractivity contribution in [2.75, 3.05) is 10.8 Å². The summed E-state index contributed by atoms with van der Waals surface area (Å²) in [6.07, 6.45) is -5.85. The number of halogens is 5. The van der Waals surface area contributed by atoms with Gasteiger partial charge in [-0.15, -0.1) is 0 Å². The smallest absolute Gasteiger partial charge is 0.416 e. The summed E-state index contributed by atoms with van der Waals surface area (Å²) in [5.74, 6) is -1.22. The largest absolute Gasteiger partial charge is 0.486 e. The molecule has 3 aromatic rings. The van der Waals surface area contributed by atoms with Crippen molar-refractivity contribution in [2.24, 2.45) is 5.41 Å². The summed E-state index contributed by atoms with van der Waals surface area (Å²) in [6.45, 7) is -0.568. The van der Waals surface area contributed by atoms with Crippen molar-refractivity contribution in [3.05, 3.63) is 72.3 Å². The fraction of sp³-hybridized carbons (Fsp3) is 0.296. The molecule has 7 nitrogen and oxygen atoms in total. The zero-order valence-corrected chi connectivity index (χ0v) is 22.0. The zero-order chi connectivity index (χ0) is 29.5. The average Bonchev–Trinajstić information content (AvgIpc) is 2.87. The third-order valence-corrected chi connectivity index (χ3v) is 8.13. The predicted octanol–water partition coefficient (Wildman–Crippen LogP) is 6.43. The van der Waals surface area contributed by atoms with E-state index in [4.69, 9.17) is 4.74 Å². The van der Waals surface area contributed by atoms with Gasteiger partial charge in [0.05, 0.1) is 28.1 Å². The molecule has 0 bridgehead atoms. The Morgan fingerprint density at radius 1 is 1.05 bits per heavy atom. The molecule has 0 fully saturated rings. The zero-order valence-electron chi connectivity index (χ0n) is 21.2. The Morgan fingerprint density at radius 3 is 2.38 bits per heavy atom. The highest BCUT2D eigenvalue weighted by Crippen LogP contribution is 2.42. The molecular weight excluding hydrogens is 561 g/mol. The second-order valence-corrected chi connectivity index (χ2v) is 11.6. The number of carbonyl (C=O) groups is 1. The molecule has 0 saturated heterocycles. The fourth-order valence-electron chi connectivity index (χ4n) is 4.29. The predicted molar refractivity (Wildman–Crippen MR) is 135 cm³/mol. The van der Waals surface area contributed by atoms with Crippen LogP contribution in [-0.2, 0) is 21.0 Å². The second-order valence-electron chi connectivity index (χ2n) is 9.78. The maximum atomic E-state index is 13.8. The molecule has 40 heavy (non-hydrogen) atoms. The van der Waals surface area contributed by atoms with E-state index in [1.807, 2.05) is 0 Å². The number of ether oxygens (including phenoxy) is 2. The van der Waals surface area contributed by atoms with Crippen LogP contribution in [0.1, 0.15) is 25.8 Å². The lowest BCUT2D eigenvalue weighted by atomic mass is 9.86. The van der Waals surface area contributed by atoms with E-state index in [2.05, 4.69) is 4.74 Å². The standard InChI is InChI=1S/C27H24F5NO6S/c1-26(2,24(34)35)14-20-15-33(40(36,37)21-8-4-6-18(13-21)27(30,31)32)22-12-17(9-10-23(22)38-20)16-5-3-7-19(11-16)39-25(28)29/h3-13,20,25H,14-15H2,1-2H3,(H,34,35)/t20-/m0/s1. The minimum absolute atomic E-state index is 0.0144. The number of carboxylic acid groups (broad SMARTS) is 1. The summed E-state index contributed by atoms with van der Waals surface area (Å²) in [5.41, 5.74) is -1.70. The Labute approximate surface area is 226 Å². The maximum absolute atomic E-state index is 13.8. The normalized spacial score (nSPS) is 15.9. The van der Waals surface area contributed by atoms with Crippen LogP contribution in [0.15, 0.2) is 71.6 Å². The monoisotopic (exact) mass is 585 g/mol. The van der Waals surface area contributed by atoms with Crippen LogP contribution in [0.3, 0.4) is 0 Å². The second kappa shape index (κ2) is 10.6. The summed E-state index contributed by atoms with van der Waals surface area (Å²) in [7, 11) is -4.61. The van der Waals surface area contributed by atoms with Gasteiger partial charge in [-0.1, -0.05) is 24.3 Å². The van der Waals surface area contributed by atoms with Gasteiger partial charge in [0.2, 0.25) is 0 Å². The van der Waals surface area contributed by atoms with E-state index < -0.39 is 50.8 Å². The number of nitrogens with zero attached hydrogens (tertiary/aromatic N) is 1. The lowest BCUT2D eigenvalue weighted by Gasteiger charge is -2.38. The van der Waals surface area contributed by atoms with Crippen molar-refractivity contribution in [3.63, 3.8) is 0 Å². The highest BCUT2D eigenvalue weighted by molar-refractivity contribution is 7.92. The summed E-state index contributed by atoms with van der Waals surface area (Å²) >= 11 is 0. The molecule has 4 rings (SSSR count). The van der Waals surface area contributed by atoms with Gasteiger partial charge in [0.1, 0.15) is 17.6 Å². The molecule has 0 radical (unpaired) electrons. The van der Waals surface area contributed by atoms with E-state index in [1.54, 1.807) is 12.1 Å². The molecule has 1 atom stereocenters. The Kier molecular flexibility index (Phi) is 7.72. The molecule has 13 heteroatoms. The minimum atomic E-state index is -4.79. The van der Waals surface area contributed by atoms with Gasteiger partial charge in [-0.05, 0) is 67.4 Å². The topological polar surface area (TPSA) is 93.1 Å². The van der Waals surface area contributed by atoms with E-state index in [0.29, 0.717) is 17.2 Å². The quantitative estimate of drug-likeness (QED) is 0.306. The number of fused-ring (bicyclic) bond motifs is 1. The number of alkyl halides is 5. The van der Waals surface area contributed by atoms with Crippen LogP contribution in [0.5, 0.6) is 11.5 Å². The van der Waals surface area contributed by atoms with E-state index in [0.717, 1.165) is 22.5 Å². The third kappa shape index (κ3) is 6.14. The summed E-state index contributed by atoms with van der Waals surface area (Å²) in [5, 5.41) is 9.57. The summed E-state index contributed by atoms with van der Waals surface area (Å²) < 4.78 is 104. The summed E-state index contributed by atoms with van der Waals surface area (Å²) in [6, 6.07) is 13.3. The summed E-state index contributed by atoms with van der Waals surface area (Å²) in [4.78, 5) is 11.1. The van der Waals surface area contributed by atoms with Crippen LogP contribution in [0.4, 0.5) is 27.6 Å². The van der Waals surface area contributed by atoms with Gasteiger partial charge >= 0.3 is 18.8 Å². The average molecular weight is 586 g/mol. The van der Waals surface area contributed by atoms with Crippen molar-refractivity contribution in [1.29, 1.82) is 0 Å². The van der Waals surface area contributed by atoms with Crippen LogP contribution in [0.2, 0.25) is 0 Å². The first-order valence-electron chi connectivity index (χ1n) is 11.9. The number of aliphatic carboxylic acids is 1. The first-order valence-corrected chi connectivity index (χ1v) is 13.3. The van der Waals surface area contributed by atoms with Gasteiger partial charge in [0.25, 0.3) is 10.0 Å². The lowest BCUT2D eigenvalue weighted by molar-refractivity contribution is -0.148. The number of carboxylic acids is 1. The van der Waals surface area contributed by atoms with Gasteiger partial charge in [0, 0.05) is 6.42 Å². The number of benzene rings is 3. The highest BCUT2D eigenvalue weighted by Gasteiger charge is 2.40. The van der Waals surface area contributed by atoms with Crippen LogP contribution in [-0.4, -0.2) is 38.8 Å². The first-order chi connectivity index (χ1) is 18.6. The molecule has 214 valence electrons. The molecule has 0 saturated carbocycles. The molecular formula is C27H24F5NO6S. The van der Waals surface area contributed by atoms with Gasteiger partial charge in [-0.25, -0.2) is 8.42 Å². The van der Waals surface area contributed by atoms with Crippen LogP contribution < -0.4 is 13.8 Å². The number of hydrogen-bond donors (Lipinski definition) is 1. The maximum Gasteiger partial charge on any atom is 0.416 e. The van der Waals surface area contributed by atoms with E-state index in [9.17, 15) is 40.3 Å². The van der Waals surface area contributed by atoms with Crippen molar-refractivity contribution in [3.8, 4) is 22.6 Å². The van der Waals surface area contributed by atoms with Crippen molar-refractivity contribution >= 4 is 21.7 Å². The van der Waals surface area contributed by atoms with Crippen LogP contribution in [0, 0.1) is 5.41 Å².